The van der Waals surface area contributed by atoms with Gasteiger partial charge in [-0.2, -0.15) is 0 Å². The summed E-state index contributed by atoms with van der Waals surface area (Å²) < 4.78 is 0. The summed E-state index contributed by atoms with van der Waals surface area (Å²) in [5.41, 5.74) is 2.42. The van der Waals surface area contributed by atoms with Crippen LogP contribution in [0.4, 0.5) is 0 Å². The first kappa shape index (κ1) is 14.4. The molecular weight excluding hydrogens is 236 g/mol. The molecule has 1 aliphatic rings. The SMILES string of the molecule is CNCc1ccc(CN2CC(C)C(N(C)C)C2)nc1. The maximum Gasteiger partial charge on any atom is 0.0544 e. The van der Waals surface area contributed by atoms with E-state index in [1.54, 1.807) is 0 Å². The van der Waals surface area contributed by atoms with Crippen LogP contribution < -0.4 is 5.32 Å². The van der Waals surface area contributed by atoms with Crippen LogP contribution in [0.2, 0.25) is 0 Å². The van der Waals surface area contributed by atoms with Gasteiger partial charge in [0.15, 0.2) is 0 Å². The standard InChI is InChI=1S/C15H26N4/c1-12-9-19(11-15(12)18(3)4)10-14-6-5-13(7-16-2)8-17-14/h5-6,8,12,15-16H,7,9-11H2,1-4H3. The van der Waals surface area contributed by atoms with Gasteiger partial charge >= 0.3 is 0 Å². The van der Waals surface area contributed by atoms with Gasteiger partial charge in [0.1, 0.15) is 0 Å². The Morgan fingerprint density at radius 3 is 2.68 bits per heavy atom. The van der Waals surface area contributed by atoms with Crippen molar-refractivity contribution in [1.29, 1.82) is 0 Å². The van der Waals surface area contributed by atoms with E-state index in [-0.39, 0.29) is 0 Å². The molecule has 0 saturated carbocycles. The van der Waals surface area contributed by atoms with Crippen molar-refractivity contribution < 1.29 is 0 Å². The summed E-state index contributed by atoms with van der Waals surface area (Å²) in [5, 5.41) is 3.14. The highest BCUT2D eigenvalue weighted by Gasteiger charge is 2.30. The predicted octanol–water partition coefficient (Wildman–Crippen LogP) is 1.18. The lowest BCUT2D eigenvalue weighted by Crippen LogP contribution is -2.34. The molecule has 0 bridgehead atoms. The van der Waals surface area contributed by atoms with Gasteiger partial charge in [-0.25, -0.2) is 0 Å². The number of nitrogens with one attached hydrogen (secondary N) is 1. The predicted molar refractivity (Wildman–Crippen MR) is 78.9 cm³/mol. The van der Waals surface area contributed by atoms with Gasteiger partial charge in [0.2, 0.25) is 0 Å². The molecule has 1 fully saturated rings. The van der Waals surface area contributed by atoms with Gasteiger partial charge in [0.25, 0.3) is 0 Å². The van der Waals surface area contributed by atoms with Crippen molar-refractivity contribution in [1.82, 2.24) is 20.1 Å². The van der Waals surface area contributed by atoms with Gasteiger partial charge in [0, 0.05) is 38.4 Å². The molecule has 1 aliphatic heterocycles. The third-order valence-electron chi connectivity index (χ3n) is 3.96. The van der Waals surface area contributed by atoms with E-state index in [2.05, 4.69) is 53.3 Å². The summed E-state index contributed by atoms with van der Waals surface area (Å²) in [6.07, 6.45) is 1.98. The monoisotopic (exact) mass is 262 g/mol. The van der Waals surface area contributed by atoms with Crippen molar-refractivity contribution in [2.24, 2.45) is 5.92 Å². The second-order valence-corrected chi connectivity index (χ2v) is 5.89. The van der Waals surface area contributed by atoms with Crippen LogP contribution in [-0.4, -0.2) is 55.1 Å². The van der Waals surface area contributed by atoms with E-state index in [1.807, 2.05) is 13.2 Å². The maximum atomic E-state index is 4.56. The average molecular weight is 262 g/mol. The number of aromatic nitrogens is 1. The van der Waals surface area contributed by atoms with Crippen LogP contribution >= 0.6 is 0 Å². The van der Waals surface area contributed by atoms with E-state index < -0.39 is 0 Å². The molecule has 0 spiro atoms. The van der Waals surface area contributed by atoms with Crippen LogP contribution in [0.1, 0.15) is 18.2 Å². The molecule has 106 valence electrons. The van der Waals surface area contributed by atoms with Crippen LogP contribution in [0, 0.1) is 5.92 Å². The Labute approximate surface area is 116 Å². The maximum absolute atomic E-state index is 4.56. The molecule has 0 amide bonds. The molecule has 2 atom stereocenters. The molecule has 1 aromatic heterocycles. The summed E-state index contributed by atoms with van der Waals surface area (Å²) >= 11 is 0. The summed E-state index contributed by atoms with van der Waals surface area (Å²) in [5.74, 6) is 0.735. The lowest BCUT2D eigenvalue weighted by Gasteiger charge is -2.22. The fraction of sp³-hybridized carbons (Fsp3) is 0.667. The smallest absolute Gasteiger partial charge is 0.0544 e. The third-order valence-corrected chi connectivity index (χ3v) is 3.96. The molecular formula is C15H26N4. The van der Waals surface area contributed by atoms with Crippen LogP contribution in [0.25, 0.3) is 0 Å². The topological polar surface area (TPSA) is 31.4 Å². The Hall–Kier alpha value is -0.970. The van der Waals surface area contributed by atoms with Crippen LogP contribution in [-0.2, 0) is 13.1 Å². The largest absolute Gasteiger partial charge is 0.316 e. The average Bonchev–Trinajstić information content (AvgIpc) is 2.73. The first-order valence-electron chi connectivity index (χ1n) is 7.07. The highest BCUT2D eigenvalue weighted by molar-refractivity contribution is 5.14. The van der Waals surface area contributed by atoms with Gasteiger partial charge in [-0.05, 0) is 38.7 Å². The lowest BCUT2D eigenvalue weighted by atomic mass is 10.1. The molecule has 4 nitrogen and oxygen atoms in total. The summed E-state index contributed by atoms with van der Waals surface area (Å²) in [6, 6.07) is 4.99. The van der Waals surface area contributed by atoms with Crippen molar-refractivity contribution in [3.05, 3.63) is 29.6 Å². The Kier molecular flexibility index (Phi) is 4.91. The van der Waals surface area contributed by atoms with E-state index in [1.165, 1.54) is 17.8 Å². The van der Waals surface area contributed by atoms with Crippen LogP contribution in [0.5, 0.6) is 0 Å². The van der Waals surface area contributed by atoms with Gasteiger partial charge in [-0.1, -0.05) is 13.0 Å². The van der Waals surface area contributed by atoms with E-state index in [0.29, 0.717) is 6.04 Å². The van der Waals surface area contributed by atoms with Crippen molar-refractivity contribution in [3.8, 4) is 0 Å². The number of rotatable bonds is 5. The van der Waals surface area contributed by atoms with Crippen molar-refractivity contribution in [2.75, 3.05) is 34.2 Å². The van der Waals surface area contributed by atoms with Crippen LogP contribution in [0.3, 0.4) is 0 Å². The molecule has 1 aromatic rings. The Balaban J connectivity index is 1.91. The zero-order valence-electron chi connectivity index (χ0n) is 12.6. The minimum Gasteiger partial charge on any atom is -0.316 e. The highest BCUT2D eigenvalue weighted by Crippen LogP contribution is 2.21. The quantitative estimate of drug-likeness (QED) is 0.863. The zero-order chi connectivity index (χ0) is 13.8. The van der Waals surface area contributed by atoms with Gasteiger partial charge in [0.05, 0.1) is 5.69 Å². The molecule has 1 N–H and O–H groups in total. The number of likely N-dealkylation sites (tertiary alicyclic amines) is 1. The summed E-state index contributed by atoms with van der Waals surface area (Å²) in [6.45, 7) is 6.51. The lowest BCUT2D eigenvalue weighted by molar-refractivity contribution is 0.249. The molecule has 2 unspecified atom stereocenters. The third kappa shape index (κ3) is 3.75. The van der Waals surface area contributed by atoms with Gasteiger partial charge < -0.3 is 10.2 Å². The molecule has 19 heavy (non-hydrogen) atoms. The Morgan fingerprint density at radius 2 is 2.16 bits per heavy atom. The number of hydrogen-bond donors (Lipinski definition) is 1. The molecule has 0 aromatic carbocycles. The highest BCUT2D eigenvalue weighted by atomic mass is 15.2. The first-order chi connectivity index (χ1) is 9.10. The number of likely N-dealkylation sites (N-methyl/N-ethyl adjacent to an activating group) is 1. The molecule has 2 heterocycles. The van der Waals surface area contributed by atoms with Crippen molar-refractivity contribution >= 4 is 0 Å². The van der Waals surface area contributed by atoms with E-state index >= 15 is 0 Å². The summed E-state index contributed by atoms with van der Waals surface area (Å²) in [7, 11) is 6.31. The number of nitrogens with zero attached hydrogens (tertiary/aromatic N) is 3. The first-order valence-corrected chi connectivity index (χ1v) is 7.07. The van der Waals surface area contributed by atoms with E-state index in [4.69, 9.17) is 0 Å². The molecule has 2 rings (SSSR count). The van der Waals surface area contributed by atoms with Crippen LogP contribution in [0.15, 0.2) is 18.3 Å². The second-order valence-electron chi connectivity index (χ2n) is 5.89. The fourth-order valence-corrected chi connectivity index (χ4v) is 2.94. The zero-order valence-corrected chi connectivity index (χ0v) is 12.6. The van der Waals surface area contributed by atoms with Gasteiger partial charge in [-0.3, -0.25) is 9.88 Å². The normalized spacial score (nSPS) is 24.3. The minimum absolute atomic E-state index is 0.670. The van der Waals surface area contributed by atoms with Gasteiger partial charge in [-0.15, -0.1) is 0 Å². The summed E-state index contributed by atoms with van der Waals surface area (Å²) in [4.78, 5) is 9.41. The van der Waals surface area contributed by atoms with Crippen molar-refractivity contribution in [3.63, 3.8) is 0 Å². The second kappa shape index (κ2) is 6.46. The fourth-order valence-electron chi connectivity index (χ4n) is 2.94. The molecule has 0 aliphatic carbocycles. The van der Waals surface area contributed by atoms with E-state index in [9.17, 15) is 0 Å². The van der Waals surface area contributed by atoms with Crippen molar-refractivity contribution in [2.45, 2.75) is 26.1 Å². The number of hydrogen-bond acceptors (Lipinski definition) is 4. The Bertz CT molecular complexity index is 388. The molecule has 1 saturated heterocycles. The van der Waals surface area contributed by atoms with E-state index in [0.717, 1.165) is 25.6 Å². The molecule has 4 heteroatoms. The molecule has 0 radical (unpaired) electrons. The minimum atomic E-state index is 0.670. The Morgan fingerprint density at radius 1 is 1.37 bits per heavy atom. The number of pyridine rings is 1.